The van der Waals surface area contributed by atoms with Crippen LogP contribution in [0.4, 0.5) is 0 Å². The predicted molar refractivity (Wildman–Crippen MR) is 64.8 cm³/mol. The van der Waals surface area contributed by atoms with Crippen LogP contribution >= 0.6 is 0 Å². The van der Waals surface area contributed by atoms with Gasteiger partial charge in [0.15, 0.2) is 0 Å². The lowest BCUT2D eigenvalue weighted by molar-refractivity contribution is 0.443. The Balaban J connectivity index is 2.24. The molecule has 0 aliphatic heterocycles. The fourth-order valence-electron chi connectivity index (χ4n) is 2.71. The van der Waals surface area contributed by atoms with E-state index in [1.165, 1.54) is 42.4 Å². The molecule has 1 aliphatic rings. The predicted octanol–water partition coefficient (Wildman–Crippen LogP) is 3.49. The van der Waals surface area contributed by atoms with Gasteiger partial charge < -0.3 is 5.73 Å². The Kier molecular flexibility index (Phi) is 3.11. The van der Waals surface area contributed by atoms with E-state index in [0.29, 0.717) is 5.92 Å². The summed E-state index contributed by atoms with van der Waals surface area (Å²) in [5, 5.41) is 0. The number of rotatable bonds is 2. The molecule has 2 N–H and O–H groups in total. The van der Waals surface area contributed by atoms with Crippen LogP contribution in [0.3, 0.4) is 0 Å². The molecule has 1 aliphatic carbocycles. The first-order chi connectivity index (χ1) is 7.20. The summed E-state index contributed by atoms with van der Waals surface area (Å²) in [4.78, 5) is 0. The van der Waals surface area contributed by atoms with E-state index in [9.17, 15) is 0 Å². The topological polar surface area (TPSA) is 26.0 Å². The van der Waals surface area contributed by atoms with Gasteiger partial charge in [-0.05, 0) is 49.3 Å². The molecule has 0 radical (unpaired) electrons. The van der Waals surface area contributed by atoms with Gasteiger partial charge in [-0.2, -0.15) is 0 Å². The van der Waals surface area contributed by atoms with Crippen molar-refractivity contribution in [1.82, 2.24) is 0 Å². The second-order valence-corrected chi connectivity index (χ2v) is 4.86. The summed E-state index contributed by atoms with van der Waals surface area (Å²) in [5.41, 5.74) is 10.5. The van der Waals surface area contributed by atoms with E-state index in [2.05, 4.69) is 32.0 Å². The van der Waals surface area contributed by atoms with Gasteiger partial charge >= 0.3 is 0 Å². The van der Waals surface area contributed by atoms with E-state index in [0.717, 1.165) is 0 Å². The molecule has 15 heavy (non-hydrogen) atoms. The fraction of sp³-hybridized carbons (Fsp3) is 0.571. The zero-order valence-electron chi connectivity index (χ0n) is 9.79. The zero-order chi connectivity index (χ0) is 10.8. The van der Waals surface area contributed by atoms with Gasteiger partial charge in [0.05, 0.1) is 0 Å². The Morgan fingerprint density at radius 1 is 1.20 bits per heavy atom. The van der Waals surface area contributed by atoms with Gasteiger partial charge in [0.1, 0.15) is 0 Å². The standard InChI is InChI=1S/C14H21N/c1-10-6-5-9-13(11(10)2)14(15)12-7-3-4-8-12/h5-6,9,12,14H,3-4,7-8,15H2,1-2H3. The van der Waals surface area contributed by atoms with Gasteiger partial charge in [-0.1, -0.05) is 31.0 Å². The highest BCUT2D eigenvalue weighted by atomic mass is 14.7. The van der Waals surface area contributed by atoms with Crippen molar-refractivity contribution in [3.63, 3.8) is 0 Å². The van der Waals surface area contributed by atoms with Crippen LogP contribution in [-0.2, 0) is 0 Å². The summed E-state index contributed by atoms with van der Waals surface area (Å²) in [5.74, 6) is 0.713. The molecule has 0 bridgehead atoms. The molecule has 1 aromatic carbocycles. The summed E-state index contributed by atoms with van der Waals surface area (Å²) in [6.45, 7) is 4.36. The number of aryl methyl sites for hydroxylation is 1. The Morgan fingerprint density at radius 2 is 1.87 bits per heavy atom. The summed E-state index contributed by atoms with van der Waals surface area (Å²) in [6, 6.07) is 6.75. The highest BCUT2D eigenvalue weighted by molar-refractivity contribution is 5.35. The van der Waals surface area contributed by atoms with E-state index >= 15 is 0 Å². The molecule has 0 heterocycles. The maximum absolute atomic E-state index is 6.37. The van der Waals surface area contributed by atoms with Gasteiger partial charge in [0.2, 0.25) is 0 Å². The smallest absolute Gasteiger partial charge is 0.0326 e. The second kappa shape index (κ2) is 4.36. The maximum Gasteiger partial charge on any atom is 0.0326 e. The van der Waals surface area contributed by atoms with Crippen LogP contribution < -0.4 is 5.73 Å². The van der Waals surface area contributed by atoms with Gasteiger partial charge in [-0.15, -0.1) is 0 Å². The van der Waals surface area contributed by atoms with Crippen molar-refractivity contribution in [3.8, 4) is 0 Å². The third kappa shape index (κ3) is 2.07. The van der Waals surface area contributed by atoms with Crippen LogP contribution in [0.1, 0.15) is 48.4 Å². The molecule has 1 atom stereocenters. The zero-order valence-corrected chi connectivity index (χ0v) is 9.79. The molecule has 0 spiro atoms. The van der Waals surface area contributed by atoms with Crippen LogP contribution in [0, 0.1) is 19.8 Å². The Hall–Kier alpha value is -0.820. The minimum atomic E-state index is 0.257. The third-order valence-electron chi connectivity index (χ3n) is 3.91. The van der Waals surface area contributed by atoms with Crippen LogP contribution in [0.2, 0.25) is 0 Å². The third-order valence-corrected chi connectivity index (χ3v) is 3.91. The first-order valence-electron chi connectivity index (χ1n) is 6.02. The van der Waals surface area contributed by atoms with Crippen LogP contribution in [0.15, 0.2) is 18.2 Å². The average molecular weight is 203 g/mol. The van der Waals surface area contributed by atoms with Crippen molar-refractivity contribution >= 4 is 0 Å². The Labute approximate surface area is 92.7 Å². The van der Waals surface area contributed by atoms with E-state index in [-0.39, 0.29) is 6.04 Å². The van der Waals surface area contributed by atoms with Crippen molar-refractivity contribution < 1.29 is 0 Å². The molecule has 1 unspecified atom stereocenters. The molecule has 0 aromatic heterocycles. The van der Waals surface area contributed by atoms with Gasteiger partial charge in [-0.25, -0.2) is 0 Å². The highest BCUT2D eigenvalue weighted by Crippen LogP contribution is 2.35. The molecule has 1 fully saturated rings. The molecular formula is C14H21N. The lowest BCUT2D eigenvalue weighted by Crippen LogP contribution is -2.20. The maximum atomic E-state index is 6.37. The molecule has 2 rings (SSSR count). The Bertz CT molecular complexity index is 337. The van der Waals surface area contributed by atoms with Crippen LogP contribution in [0.25, 0.3) is 0 Å². The molecule has 0 saturated heterocycles. The molecule has 1 heteroatoms. The van der Waals surface area contributed by atoms with Crippen molar-refractivity contribution in [2.75, 3.05) is 0 Å². The van der Waals surface area contributed by atoms with E-state index < -0.39 is 0 Å². The van der Waals surface area contributed by atoms with E-state index in [1.54, 1.807) is 0 Å². The molecule has 1 nitrogen and oxygen atoms in total. The summed E-state index contributed by atoms with van der Waals surface area (Å²) < 4.78 is 0. The van der Waals surface area contributed by atoms with Crippen LogP contribution in [0.5, 0.6) is 0 Å². The summed E-state index contributed by atoms with van der Waals surface area (Å²) >= 11 is 0. The molecule has 0 amide bonds. The van der Waals surface area contributed by atoms with Gasteiger partial charge in [0.25, 0.3) is 0 Å². The summed E-state index contributed by atoms with van der Waals surface area (Å²) in [6.07, 6.45) is 5.36. The monoisotopic (exact) mass is 203 g/mol. The molecule has 1 aromatic rings. The van der Waals surface area contributed by atoms with E-state index in [1.807, 2.05) is 0 Å². The fourth-order valence-corrected chi connectivity index (χ4v) is 2.71. The molecule has 82 valence electrons. The van der Waals surface area contributed by atoms with Gasteiger partial charge in [0, 0.05) is 6.04 Å². The van der Waals surface area contributed by atoms with Gasteiger partial charge in [-0.3, -0.25) is 0 Å². The van der Waals surface area contributed by atoms with Crippen molar-refractivity contribution in [3.05, 3.63) is 34.9 Å². The number of benzene rings is 1. The minimum absolute atomic E-state index is 0.257. The number of hydrogen-bond acceptors (Lipinski definition) is 1. The molecular weight excluding hydrogens is 182 g/mol. The lowest BCUT2D eigenvalue weighted by Gasteiger charge is -2.22. The Morgan fingerprint density at radius 3 is 2.53 bits per heavy atom. The number of hydrogen-bond donors (Lipinski definition) is 1. The summed E-state index contributed by atoms with van der Waals surface area (Å²) in [7, 11) is 0. The van der Waals surface area contributed by atoms with E-state index in [4.69, 9.17) is 5.73 Å². The first kappa shape index (κ1) is 10.7. The SMILES string of the molecule is Cc1cccc(C(N)C2CCCC2)c1C. The van der Waals surface area contributed by atoms with Crippen LogP contribution in [-0.4, -0.2) is 0 Å². The minimum Gasteiger partial charge on any atom is -0.324 e. The normalized spacial score (nSPS) is 19.4. The molecule has 1 saturated carbocycles. The first-order valence-corrected chi connectivity index (χ1v) is 6.02. The quantitative estimate of drug-likeness (QED) is 0.782. The highest BCUT2D eigenvalue weighted by Gasteiger charge is 2.24. The largest absolute Gasteiger partial charge is 0.324 e. The van der Waals surface area contributed by atoms with Crippen molar-refractivity contribution in [2.45, 2.75) is 45.6 Å². The van der Waals surface area contributed by atoms with Crippen molar-refractivity contribution in [2.24, 2.45) is 11.7 Å². The average Bonchev–Trinajstić information content (AvgIpc) is 2.74. The van der Waals surface area contributed by atoms with Crippen molar-refractivity contribution in [1.29, 1.82) is 0 Å². The number of nitrogens with two attached hydrogens (primary N) is 1. The second-order valence-electron chi connectivity index (χ2n) is 4.86. The lowest BCUT2D eigenvalue weighted by atomic mass is 9.88.